The summed E-state index contributed by atoms with van der Waals surface area (Å²) in [6.07, 6.45) is 3.37. The molecule has 4 nitrogen and oxygen atoms in total. The number of aliphatic hydroxyl groups is 1. The van der Waals surface area contributed by atoms with Crippen LogP contribution in [0, 0.1) is 0 Å². The monoisotopic (exact) mass is 351 g/mol. The van der Waals surface area contributed by atoms with Gasteiger partial charge >= 0.3 is 0 Å². The second-order valence-electron chi connectivity index (χ2n) is 4.59. The Morgan fingerprint density at radius 1 is 1.29 bits per heavy atom. The number of pyridine rings is 1. The molecule has 2 rings (SSSR count). The number of aromatic nitrogens is 1. The molecule has 0 saturated carbocycles. The molecule has 1 unspecified atom stereocenters. The Labute approximate surface area is 132 Å². The van der Waals surface area contributed by atoms with Crippen LogP contribution in [0.3, 0.4) is 0 Å². The number of hydrogen-bond donors (Lipinski definition) is 1. The molecule has 1 N–H and O–H groups in total. The molecule has 2 aromatic rings. The molecule has 0 fully saturated rings. The zero-order valence-corrected chi connectivity index (χ0v) is 13.6. The molecule has 5 heteroatoms. The maximum absolute atomic E-state index is 10.6. The Kier molecular flexibility index (Phi) is 5.59. The third-order valence-corrected chi connectivity index (χ3v) is 3.50. The van der Waals surface area contributed by atoms with Crippen LogP contribution in [0.2, 0.25) is 0 Å². The van der Waals surface area contributed by atoms with Crippen LogP contribution in [0.4, 0.5) is 0 Å². The maximum atomic E-state index is 10.6. The van der Waals surface area contributed by atoms with Gasteiger partial charge in [0.05, 0.1) is 19.9 Å². The van der Waals surface area contributed by atoms with Crippen LogP contribution in [0.15, 0.2) is 41.1 Å². The SMILES string of the molecule is CCCOc1cncc(C(O)c2cc(Br)ccc2OC)c1. The molecular weight excluding hydrogens is 334 g/mol. The van der Waals surface area contributed by atoms with Crippen LogP contribution in [0.25, 0.3) is 0 Å². The van der Waals surface area contributed by atoms with Crippen molar-refractivity contribution in [2.75, 3.05) is 13.7 Å². The Balaban J connectivity index is 2.31. The van der Waals surface area contributed by atoms with E-state index in [1.165, 1.54) is 0 Å². The molecule has 21 heavy (non-hydrogen) atoms. The van der Waals surface area contributed by atoms with Crippen molar-refractivity contribution >= 4 is 15.9 Å². The van der Waals surface area contributed by atoms with Gasteiger partial charge in [0.25, 0.3) is 0 Å². The fourth-order valence-corrected chi connectivity index (χ4v) is 2.36. The van der Waals surface area contributed by atoms with Crippen molar-refractivity contribution in [1.82, 2.24) is 4.98 Å². The van der Waals surface area contributed by atoms with Gasteiger partial charge in [-0.2, -0.15) is 0 Å². The van der Waals surface area contributed by atoms with Crippen LogP contribution in [0.1, 0.15) is 30.6 Å². The van der Waals surface area contributed by atoms with Crippen molar-refractivity contribution in [3.63, 3.8) is 0 Å². The summed E-state index contributed by atoms with van der Waals surface area (Å²) in [7, 11) is 1.58. The predicted molar refractivity (Wildman–Crippen MR) is 84.8 cm³/mol. The minimum Gasteiger partial charge on any atom is -0.496 e. The Morgan fingerprint density at radius 2 is 2.10 bits per heavy atom. The van der Waals surface area contributed by atoms with Gasteiger partial charge in [0.1, 0.15) is 17.6 Å². The summed E-state index contributed by atoms with van der Waals surface area (Å²) < 4.78 is 11.7. The van der Waals surface area contributed by atoms with E-state index in [0.29, 0.717) is 29.2 Å². The molecule has 0 saturated heterocycles. The minimum absolute atomic E-state index is 0.626. The molecule has 1 aromatic heterocycles. The van der Waals surface area contributed by atoms with Crippen LogP contribution in [-0.2, 0) is 0 Å². The number of nitrogens with zero attached hydrogens (tertiary/aromatic N) is 1. The van der Waals surface area contributed by atoms with E-state index in [2.05, 4.69) is 20.9 Å². The van der Waals surface area contributed by atoms with E-state index in [-0.39, 0.29) is 0 Å². The number of benzene rings is 1. The molecule has 1 heterocycles. The molecular formula is C16H18BrNO3. The molecule has 0 amide bonds. The van der Waals surface area contributed by atoms with Gasteiger partial charge in [0, 0.05) is 21.8 Å². The summed E-state index contributed by atoms with van der Waals surface area (Å²) in [4.78, 5) is 4.12. The zero-order chi connectivity index (χ0) is 15.2. The molecule has 0 aliphatic heterocycles. The molecule has 112 valence electrons. The zero-order valence-electron chi connectivity index (χ0n) is 12.0. The molecule has 1 atom stereocenters. The van der Waals surface area contributed by atoms with Crippen molar-refractivity contribution in [2.24, 2.45) is 0 Å². The Bertz CT molecular complexity index is 604. The van der Waals surface area contributed by atoms with Gasteiger partial charge in [0.15, 0.2) is 0 Å². The quantitative estimate of drug-likeness (QED) is 0.861. The van der Waals surface area contributed by atoms with Crippen molar-refractivity contribution in [1.29, 1.82) is 0 Å². The van der Waals surface area contributed by atoms with Gasteiger partial charge in [0.2, 0.25) is 0 Å². The molecule has 1 aromatic carbocycles. The summed E-state index contributed by atoms with van der Waals surface area (Å²) in [5.74, 6) is 1.29. The first-order valence-corrected chi connectivity index (χ1v) is 7.54. The normalized spacial score (nSPS) is 12.0. The molecule has 0 radical (unpaired) electrons. The van der Waals surface area contributed by atoms with Crippen molar-refractivity contribution in [2.45, 2.75) is 19.4 Å². The smallest absolute Gasteiger partial charge is 0.137 e. The van der Waals surface area contributed by atoms with Gasteiger partial charge in [-0.15, -0.1) is 0 Å². The number of aliphatic hydroxyl groups excluding tert-OH is 1. The lowest BCUT2D eigenvalue weighted by Gasteiger charge is -2.16. The predicted octanol–water partition coefficient (Wildman–Crippen LogP) is 3.72. The highest BCUT2D eigenvalue weighted by Gasteiger charge is 2.17. The number of hydrogen-bond acceptors (Lipinski definition) is 4. The van der Waals surface area contributed by atoms with Crippen molar-refractivity contribution < 1.29 is 14.6 Å². The van der Waals surface area contributed by atoms with Gasteiger partial charge in [-0.25, -0.2) is 0 Å². The van der Waals surface area contributed by atoms with Crippen molar-refractivity contribution in [3.8, 4) is 11.5 Å². The maximum Gasteiger partial charge on any atom is 0.137 e. The minimum atomic E-state index is -0.824. The van der Waals surface area contributed by atoms with E-state index >= 15 is 0 Å². The van der Waals surface area contributed by atoms with E-state index in [1.54, 1.807) is 25.6 Å². The van der Waals surface area contributed by atoms with Gasteiger partial charge in [-0.05, 0) is 30.7 Å². The first-order valence-electron chi connectivity index (χ1n) is 6.75. The molecule has 0 aliphatic carbocycles. The largest absolute Gasteiger partial charge is 0.496 e. The van der Waals surface area contributed by atoms with Crippen LogP contribution in [0.5, 0.6) is 11.5 Å². The van der Waals surface area contributed by atoms with E-state index in [4.69, 9.17) is 9.47 Å². The summed E-state index contributed by atoms with van der Waals surface area (Å²) in [6.45, 7) is 2.67. The lowest BCUT2D eigenvalue weighted by Crippen LogP contribution is -2.04. The standard InChI is InChI=1S/C16H18BrNO3/c1-3-6-21-13-7-11(9-18-10-13)16(19)14-8-12(17)4-5-15(14)20-2/h4-5,7-10,16,19H,3,6H2,1-2H3. The summed E-state index contributed by atoms with van der Waals surface area (Å²) in [6, 6.07) is 7.32. The number of halogens is 1. The van der Waals surface area contributed by atoms with Crippen LogP contribution >= 0.6 is 15.9 Å². The lowest BCUT2D eigenvalue weighted by atomic mass is 10.0. The number of rotatable bonds is 6. The average Bonchev–Trinajstić information content (AvgIpc) is 2.52. The van der Waals surface area contributed by atoms with E-state index in [1.807, 2.05) is 25.1 Å². The van der Waals surface area contributed by atoms with E-state index in [9.17, 15) is 5.11 Å². The van der Waals surface area contributed by atoms with Crippen molar-refractivity contribution in [3.05, 3.63) is 52.3 Å². The Morgan fingerprint density at radius 3 is 2.81 bits per heavy atom. The summed E-state index contributed by atoms with van der Waals surface area (Å²) >= 11 is 3.41. The highest BCUT2D eigenvalue weighted by Crippen LogP contribution is 2.33. The average molecular weight is 352 g/mol. The first-order chi connectivity index (χ1) is 10.2. The topological polar surface area (TPSA) is 51.6 Å². The molecule has 0 bridgehead atoms. The van der Waals surface area contributed by atoms with Gasteiger partial charge < -0.3 is 14.6 Å². The van der Waals surface area contributed by atoms with Crippen LogP contribution in [-0.4, -0.2) is 23.8 Å². The lowest BCUT2D eigenvalue weighted by molar-refractivity contribution is 0.213. The highest BCUT2D eigenvalue weighted by atomic mass is 79.9. The second kappa shape index (κ2) is 7.43. The van der Waals surface area contributed by atoms with Gasteiger partial charge in [-0.1, -0.05) is 22.9 Å². The third kappa shape index (κ3) is 3.95. The first kappa shape index (κ1) is 15.8. The summed E-state index contributed by atoms with van der Waals surface area (Å²) in [5, 5.41) is 10.6. The molecule has 0 spiro atoms. The summed E-state index contributed by atoms with van der Waals surface area (Å²) in [5.41, 5.74) is 1.35. The number of methoxy groups -OCH3 is 1. The Hall–Kier alpha value is -1.59. The third-order valence-electron chi connectivity index (χ3n) is 3.01. The number of ether oxygens (including phenoxy) is 2. The fraction of sp³-hybridized carbons (Fsp3) is 0.312. The van der Waals surface area contributed by atoms with Crippen LogP contribution < -0.4 is 9.47 Å². The van der Waals surface area contributed by atoms with E-state index in [0.717, 1.165) is 10.9 Å². The second-order valence-corrected chi connectivity index (χ2v) is 5.51. The fourth-order valence-electron chi connectivity index (χ4n) is 1.98. The molecule has 0 aliphatic rings. The van der Waals surface area contributed by atoms with E-state index < -0.39 is 6.10 Å². The van der Waals surface area contributed by atoms with Gasteiger partial charge in [-0.3, -0.25) is 4.98 Å². The highest BCUT2D eigenvalue weighted by molar-refractivity contribution is 9.10.